The topological polar surface area (TPSA) is 20.3 Å². The van der Waals surface area contributed by atoms with E-state index in [2.05, 4.69) is 6.92 Å². The zero-order valence-electron chi connectivity index (χ0n) is 9.75. The Morgan fingerprint density at radius 2 is 2.06 bits per heavy atom. The molecule has 0 aromatic heterocycles. The van der Waals surface area contributed by atoms with Gasteiger partial charge in [0.2, 0.25) is 0 Å². The number of ketones is 1. The minimum atomic E-state index is -0.776. The summed E-state index contributed by atoms with van der Waals surface area (Å²) < 4.78 is 26.7. The standard InChI is InChI=1S/C13H15F2NO/c1-9-5-6-16(7-9)8-12(17)13-10(14)3-2-4-11(13)15/h2-4,9H,5-8H2,1H3. The number of nitrogens with zero attached hydrogens (tertiary/aromatic N) is 1. The third-order valence-electron chi connectivity index (χ3n) is 3.12. The minimum absolute atomic E-state index is 0.0994. The van der Waals surface area contributed by atoms with E-state index in [9.17, 15) is 13.6 Å². The van der Waals surface area contributed by atoms with Crippen LogP contribution >= 0.6 is 0 Å². The third-order valence-corrected chi connectivity index (χ3v) is 3.12. The number of rotatable bonds is 3. The molecule has 17 heavy (non-hydrogen) atoms. The Balaban J connectivity index is 2.10. The quantitative estimate of drug-likeness (QED) is 0.755. The van der Waals surface area contributed by atoms with Crippen molar-refractivity contribution in [2.45, 2.75) is 13.3 Å². The molecule has 1 fully saturated rings. The van der Waals surface area contributed by atoms with Gasteiger partial charge in [0.15, 0.2) is 5.78 Å². The molecule has 4 heteroatoms. The molecule has 1 atom stereocenters. The molecule has 1 aromatic carbocycles. The molecular formula is C13H15F2NO. The minimum Gasteiger partial charge on any atom is -0.296 e. The largest absolute Gasteiger partial charge is 0.296 e. The lowest BCUT2D eigenvalue weighted by molar-refractivity contribution is 0.0935. The van der Waals surface area contributed by atoms with E-state index in [1.165, 1.54) is 6.07 Å². The predicted octanol–water partition coefficient (Wildman–Crippen LogP) is 2.49. The molecule has 1 saturated heterocycles. The van der Waals surface area contributed by atoms with Crippen molar-refractivity contribution in [3.05, 3.63) is 35.4 Å². The monoisotopic (exact) mass is 239 g/mol. The number of Topliss-reactive ketones (excluding diaryl/α,β-unsaturated/α-hetero) is 1. The zero-order chi connectivity index (χ0) is 12.4. The van der Waals surface area contributed by atoms with Crippen LogP contribution in [0.2, 0.25) is 0 Å². The van der Waals surface area contributed by atoms with E-state index in [-0.39, 0.29) is 6.54 Å². The van der Waals surface area contributed by atoms with Gasteiger partial charge >= 0.3 is 0 Å². The van der Waals surface area contributed by atoms with E-state index in [4.69, 9.17) is 0 Å². The summed E-state index contributed by atoms with van der Waals surface area (Å²) in [7, 11) is 0. The van der Waals surface area contributed by atoms with Crippen LogP contribution in [0.5, 0.6) is 0 Å². The molecule has 1 aromatic rings. The highest BCUT2D eigenvalue weighted by atomic mass is 19.1. The van der Waals surface area contributed by atoms with Gasteiger partial charge in [-0.2, -0.15) is 0 Å². The second-order valence-electron chi connectivity index (χ2n) is 4.65. The van der Waals surface area contributed by atoms with Gasteiger partial charge < -0.3 is 0 Å². The number of hydrogen-bond acceptors (Lipinski definition) is 2. The first-order valence-corrected chi connectivity index (χ1v) is 5.77. The van der Waals surface area contributed by atoms with Crippen molar-refractivity contribution in [3.8, 4) is 0 Å². The summed E-state index contributed by atoms with van der Waals surface area (Å²) in [4.78, 5) is 13.8. The molecule has 0 bridgehead atoms. The van der Waals surface area contributed by atoms with Gasteiger partial charge in [0.05, 0.1) is 12.1 Å². The van der Waals surface area contributed by atoms with Crippen molar-refractivity contribution < 1.29 is 13.6 Å². The van der Waals surface area contributed by atoms with Gasteiger partial charge in [-0.3, -0.25) is 9.69 Å². The normalized spacial score (nSPS) is 20.8. The van der Waals surface area contributed by atoms with Gasteiger partial charge in [-0.15, -0.1) is 0 Å². The maximum atomic E-state index is 13.4. The maximum Gasteiger partial charge on any atom is 0.182 e. The summed E-state index contributed by atoms with van der Waals surface area (Å²) in [6.07, 6.45) is 1.03. The number of carbonyl (C=O) groups excluding carboxylic acids is 1. The Kier molecular flexibility index (Phi) is 3.52. The van der Waals surface area contributed by atoms with Crippen LogP contribution in [-0.4, -0.2) is 30.3 Å². The van der Waals surface area contributed by atoms with E-state index in [1.54, 1.807) is 0 Å². The second kappa shape index (κ2) is 4.92. The van der Waals surface area contributed by atoms with Crippen LogP contribution in [0.4, 0.5) is 8.78 Å². The number of benzene rings is 1. The van der Waals surface area contributed by atoms with Crippen LogP contribution in [0.25, 0.3) is 0 Å². The van der Waals surface area contributed by atoms with E-state index in [0.29, 0.717) is 5.92 Å². The summed E-state index contributed by atoms with van der Waals surface area (Å²) >= 11 is 0. The van der Waals surface area contributed by atoms with Crippen LogP contribution in [0.15, 0.2) is 18.2 Å². The maximum absolute atomic E-state index is 13.4. The number of hydrogen-bond donors (Lipinski definition) is 0. The van der Waals surface area contributed by atoms with Crippen LogP contribution in [0, 0.1) is 17.6 Å². The number of carbonyl (C=O) groups is 1. The summed E-state index contributed by atoms with van der Waals surface area (Å²) in [5.74, 6) is -1.48. The molecule has 0 N–H and O–H groups in total. The van der Waals surface area contributed by atoms with Crippen LogP contribution in [0.1, 0.15) is 23.7 Å². The van der Waals surface area contributed by atoms with E-state index < -0.39 is 23.0 Å². The molecule has 2 rings (SSSR count). The van der Waals surface area contributed by atoms with E-state index >= 15 is 0 Å². The fourth-order valence-corrected chi connectivity index (χ4v) is 2.22. The van der Waals surface area contributed by atoms with Crippen molar-refractivity contribution in [1.82, 2.24) is 4.90 Å². The fourth-order valence-electron chi connectivity index (χ4n) is 2.22. The van der Waals surface area contributed by atoms with Crippen molar-refractivity contribution in [1.29, 1.82) is 0 Å². The first kappa shape index (κ1) is 12.2. The molecule has 1 heterocycles. The van der Waals surface area contributed by atoms with Crippen LogP contribution in [-0.2, 0) is 0 Å². The van der Waals surface area contributed by atoms with Crippen molar-refractivity contribution >= 4 is 5.78 Å². The summed E-state index contributed by atoms with van der Waals surface area (Å²) in [5.41, 5.74) is -0.410. The van der Waals surface area contributed by atoms with E-state index in [1.807, 2.05) is 4.90 Å². The molecule has 2 nitrogen and oxygen atoms in total. The van der Waals surface area contributed by atoms with Crippen LogP contribution in [0.3, 0.4) is 0 Å². The highest BCUT2D eigenvalue weighted by Gasteiger charge is 2.24. The first-order chi connectivity index (χ1) is 8.08. The van der Waals surface area contributed by atoms with Crippen LogP contribution < -0.4 is 0 Å². The Labute approximate surface area is 99.2 Å². The van der Waals surface area contributed by atoms with Gasteiger partial charge in [0, 0.05) is 6.54 Å². The fraction of sp³-hybridized carbons (Fsp3) is 0.462. The Morgan fingerprint density at radius 3 is 2.59 bits per heavy atom. The molecule has 1 aliphatic rings. The van der Waals surface area contributed by atoms with Crippen molar-refractivity contribution in [3.63, 3.8) is 0 Å². The first-order valence-electron chi connectivity index (χ1n) is 5.77. The number of halogens is 2. The molecular weight excluding hydrogens is 224 g/mol. The highest BCUT2D eigenvalue weighted by Crippen LogP contribution is 2.17. The lowest BCUT2D eigenvalue weighted by Crippen LogP contribution is -2.28. The molecule has 0 saturated carbocycles. The molecule has 1 aliphatic heterocycles. The number of likely N-dealkylation sites (tertiary alicyclic amines) is 1. The third kappa shape index (κ3) is 2.69. The molecule has 0 radical (unpaired) electrons. The summed E-state index contributed by atoms with van der Waals surface area (Å²) in [5, 5.41) is 0. The van der Waals surface area contributed by atoms with Gasteiger partial charge in [-0.25, -0.2) is 8.78 Å². The lowest BCUT2D eigenvalue weighted by Gasteiger charge is -2.14. The SMILES string of the molecule is CC1CCN(CC(=O)c2c(F)cccc2F)C1. The van der Waals surface area contributed by atoms with E-state index in [0.717, 1.165) is 31.6 Å². The Morgan fingerprint density at radius 1 is 1.41 bits per heavy atom. The lowest BCUT2D eigenvalue weighted by atomic mass is 10.1. The molecule has 92 valence electrons. The van der Waals surface area contributed by atoms with Gasteiger partial charge in [-0.1, -0.05) is 13.0 Å². The average molecular weight is 239 g/mol. The molecule has 0 amide bonds. The smallest absolute Gasteiger partial charge is 0.182 e. The van der Waals surface area contributed by atoms with Crippen molar-refractivity contribution in [2.75, 3.05) is 19.6 Å². The zero-order valence-corrected chi connectivity index (χ0v) is 9.75. The average Bonchev–Trinajstić information content (AvgIpc) is 2.63. The molecule has 1 unspecified atom stereocenters. The second-order valence-corrected chi connectivity index (χ2v) is 4.65. The Hall–Kier alpha value is -1.29. The van der Waals surface area contributed by atoms with Gasteiger partial charge in [0.25, 0.3) is 0 Å². The van der Waals surface area contributed by atoms with Gasteiger partial charge in [0.1, 0.15) is 11.6 Å². The van der Waals surface area contributed by atoms with Gasteiger partial charge in [-0.05, 0) is 31.0 Å². The molecule has 0 spiro atoms. The Bertz CT molecular complexity index is 413. The van der Waals surface area contributed by atoms with Crippen molar-refractivity contribution in [2.24, 2.45) is 5.92 Å². The summed E-state index contributed by atoms with van der Waals surface area (Å²) in [6.45, 7) is 3.85. The summed E-state index contributed by atoms with van der Waals surface area (Å²) in [6, 6.07) is 3.49. The molecule has 0 aliphatic carbocycles. The highest BCUT2D eigenvalue weighted by molar-refractivity contribution is 5.98. The predicted molar refractivity (Wildman–Crippen MR) is 60.9 cm³/mol.